The molecule has 2 aliphatic heterocycles. The molecule has 10 heteroatoms. The average Bonchev–Trinajstić information content (AvgIpc) is 2.79. The summed E-state index contributed by atoms with van der Waals surface area (Å²) in [6.07, 6.45) is -3.32. The lowest BCUT2D eigenvalue weighted by Crippen LogP contribution is -2.53. The van der Waals surface area contributed by atoms with E-state index in [1.54, 1.807) is 7.05 Å². The average molecular weight is 343 g/mol. The molecular weight excluding hydrogens is 323 g/mol. The normalized spacial score (nSPS) is 29.0. The van der Waals surface area contributed by atoms with E-state index in [0.29, 0.717) is 0 Å². The largest absolute Gasteiger partial charge is 0.393 e. The molecule has 0 radical (unpaired) electrons. The van der Waals surface area contributed by atoms with E-state index in [0.717, 1.165) is 6.26 Å². The number of amides is 1. The third-order valence-corrected chi connectivity index (χ3v) is 5.56. The van der Waals surface area contributed by atoms with Crippen LogP contribution in [0.25, 0.3) is 0 Å². The zero-order valence-corrected chi connectivity index (χ0v) is 13.3. The van der Waals surface area contributed by atoms with Crippen LogP contribution in [0.4, 0.5) is 13.2 Å². The highest BCUT2D eigenvalue weighted by atomic mass is 32.2. The minimum atomic E-state index is -4.40. The molecule has 0 N–H and O–H groups in total. The Labute approximate surface area is 127 Å². The Morgan fingerprint density at radius 1 is 1.09 bits per heavy atom. The SMILES string of the molecule is CN1C[C@@H](C(F)(F)F)[C@H](C(=O)N2CCN(S(C)(=O)=O)CC2)C1. The fourth-order valence-electron chi connectivity index (χ4n) is 3.06. The van der Waals surface area contributed by atoms with Crippen LogP contribution in [-0.2, 0) is 14.8 Å². The van der Waals surface area contributed by atoms with Crippen molar-refractivity contribution in [1.82, 2.24) is 14.1 Å². The zero-order chi connectivity index (χ0) is 16.7. The molecule has 2 rings (SSSR count). The molecule has 0 aliphatic carbocycles. The van der Waals surface area contributed by atoms with Crippen molar-refractivity contribution < 1.29 is 26.4 Å². The second kappa shape index (κ2) is 5.97. The maximum absolute atomic E-state index is 13.0. The number of alkyl halides is 3. The third-order valence-electron chi connectivity index (χ3n) is 4.26. The summed E-state index contributed by atoms with van der Waals surface area (Å²) < 4.78 is 63.2. The summed E-state index contributed by atoms with van der Waals surface area (Å²) in [6.45, 7) is 0.430. The fourth-order valence-corrected chi connectivity index (χ4v) is 3.88. The summed E-state index contributed by atoms with van der Waals surface area (Å²) in [5.41, 5.74) is 0. The molecule has 2 heterocycles. The van der Waals surface area contributed by atoms with Crippen molar-refractivity contribution in [3.8, 4) is 0 Å². The van der Waals surface area contributed by atoms with Crippen molar-refractivity contribution in [1.29, 1.82) is 0 Å². The molecule has 0 aromatic rings. The molecule has 0 aromatic heterocycles. The highest BCUT2D eigenvalue weighted by Crippen LogP contribution is 2.38. The van der Waals surface area contributed by atoms with E-state index in [-0.39, 0.29) is 39.3 Å². The van der Waals surface area contributed by atoms with Crippen LogP contribution in [0.3, 0.4) is 0 Å². The van der Waals surface area contributed by atoms with E-state index < -0.39 is 33.9 Å². The summed E-state index contributed by atoms with van der Waals surface area (Å²) in [7, 11) is -1.77. The molecule has 0 spiro atoms. The molecule has 0 unspecified atom stereocenters. The monoisotopic (exact) mass is 343 g/mol. The van der Waals surface area contributed by atoms with Crippen LogP contribution in [0.2, 0.25) is 0 Å². The second-order valence-electron chi connectivity index (χ2n) is 5.96. The first kappa shape index (κ1) is 17.5. The summed E-state index contributed by atoms with van der Waals surface area (Å²) >= 11 is 0. The van der Waals surface area contributed by atoms with Crippen LogP contribution in [0.1, 0.15) is 0 Å². The molecule has 6 nitrogen and oxygen atoms in total. The van der Waals surface area contributed by atoms with Gasteiger partial charge in [-0.15, -0.1) is 0 Å². The number of rotatable bonds is 2. The summed E-state index contributed by atoms with van der Waals surface area (Å²) in [5, 5.41) is 0. The van der Waals surface area contributed by atoms with Crippen molar-refractivity contribution in [2.75, 3.05) is 52.6 Å². The van der Waals surface area contributed by atoms with E-state index >= 15 is 0 Å². The van der Waals surface area contributed by atoms with E-state index in [2.05, 4.69) is 0 Å². The quantitative estimate of drug-likeness (QED) is 0.699. The number of halogens is 3. The van der Waals surface area contributed by atoms with Crippen LogP contribution < -0.4 is 0 Å². The van der Waals surface area contributed by atoms with Crippen LogP contribution in [0, 0.1) is 11.8 Å². The number of carbonyl (C=O) groups is 1. The van der Waals surface area contributed by atoms with Gasteiger partial charge in [0, 0.05) is 39.3 Å². The summed E-state index contributed by atoms with van der Waals surface area (Å²) in [6, 6.07) is 0. The molecular formula is C12H20F3N3O3S. The molecule has 0 saturated carbocycles. The standard InChI is InChI=1S/C12H20F3N3O3S/c1-16-7-9(10(8-16)12(13,14)15)11(19)17-3-5-18(6-4-17)22(2,20)21/h9-10H,3-8H2,1-2H3/t9-,10-/m1/s1. The van der Waals surface area contributed by atoms with E-state index in [1.807, 2.05) is 0 Å². The molecule has 1 amide bonds. The number of nitrogens with zero attached hydrogens (tertiary/aromatic N) is 3. The van der Waals surface area contributed by atoms with Gasteiger partial charge < -0.3 is 9.80 Å². The molecule has 22 heavy (non-hydrogen) atoms. The summed E-state index contributed by atoms with van der Waals surface area (Å²) in [5.74, 6) is -3.28. The van der Waals surface area contributed by atoms with Gasteiger partial charge in [-0.05, 0) is 7.05 Å². The van der Waals surface area contributed by atoms with Gasteiger partial charge in [-0.2, -0.15) is 17.5 Å². The lowest BCUT2D eigenvalue weighted by atomic mass is 9.94. The zero-order valence-electron chi connectivity index (χ0n) is 12.5. The first-order chi connectivity index (χ1) is 10.00. The Balaban J connectivity index is 2.03. The van der Waals surface area contributed by atoms with Gasteiger partial charge in [0.05, 0.1) is 18.1 Å². The molecule has 0 aromatic carbocycles. The molecule has 0 bridgehead atoms. The molecule has 2 aliphatic rings. The number of likely N-dealkylation sites (tertiary alicyclic amines) is 1. The number of sulfonamides is 1. The Kier molecular flexibility index (Phi) is 4.74. The van der Waals surface area contributed by atoms with Gasteiger partial charge in [0.1, 0.15) is 0 Å². The van der Waals surface area contributed by atoms with Gasteiger partial charge in [0.2, 0.25) is 15.9 Å². The lowest BCUT2D eigenvalue weighted by Gasteiger charge is -2.35. The second-order valence-corrected chi connectivity index (χ2v) is 7.95. The maximum atomic E-state index is 13.0. The topological polar surface area (TPSA) is 60.9 Å². The van der Waals surface area contributed by atoms with Gasteiger partial charge in [-0.3, -0.25) is 4.79 Å². The minimum Gasteiger partial charge on any atom is -0.340 e. The van der Waals surface area contributed by atoms with Crippen LogP contribution in [-0.4, -0.2) is 87.2 Å². The molecule has 2 saturated heterocycles. The predicted molar refractivity (Wildman–Crippen MR) is 73.5 cm³/mol. The Morgan fingerprint density at radius 2 is 1.64 bits per heavy atom. The number of hydrogen-bond acceptors (Lipinski definition) is 4. The molecule has 2 atom stereocenters. The van der Waals surface area contributed by atoms with Crippen molar-refractivity contribution in [2.24, 2.45) is 11.8 Å². The fraction of sp³-hybridized carbons (Fsp3) is 0.917. The first-order valence-corrected chi connectivity index (χ1v) is 8.84. The van der Waals surface area contributed by atoms with Gasteiger partial charge in [0.15, 0.2) is 0 Å². The Morgan fingerprint density at radius 3 is 2.09 bits per heavy atom. The van der Waals surface area contributed by atoms with Crippen molar-refractivity contribution in [3.63, 3.8) is 0 Å². The number of piperazine rings is 1. The minimum absolute atomic E-state index is 0.0787. The number of carbonyl (C=O) groups excluding carboxylic acids is 1. The van der Waals surface area contributed by atoms with Crippen molar-refractivity contribution in [3.05, 3.63) is 0 Å². The van der Waals surface area contributed by atoms with Crippen molar-refractivity contribution in [2.45, 2.75) is 6.18 Å². The van der Waals surface area contributed by atoms with E-state index in [1.165, 1.54) is 14.1 Å². The van der Waals surface area contributed by atoms with E-state index in [4.69, 9.17) is 0 Å². The van der Waals surface area contributed by atoms with Gasteiger partial charge in [-0.25, -0.2) is 8.42 Å². The Bertz CT molecular complexity index is 529. The van der Waals surface area contributed by atoms with Gasteiger partial charge >= 0.3 is 6.18 Å². The highest BCUT2D eigenvalue weighted by Gasteiger charge is 2.52. The Hall–Kier alpha value is -0.870. The lowest BCUT2D eigenvalue weighted by molar-refractivity contribution is -0.186. The highest BCUT2D eigenvalue weighted by molar-refractivity contribution is 7.88. The smallest absolute Gasteiger partial charge is 0.340 e. The maximum Gasteiger partial charge on any atom is 0.393 e. The van der Waals surface area contributed by atoms with Crippen molar-refractivity contribution >= 4 is 15.9 Å². The predicted octanol–water partition coefficient (Wildman–Crippen LogP) is -0.170. The van der Waals surface area contributed by atoms with Gasteiger partial charge in [0.25, 0.3) is 0 Å². The van der Waals surface area contributed by atoms with Crippen LogP contribution in [0.5, 0.6) is 0 Å². The van der Waals surface area contributed by atoms with E-state index in [9.17, 15) is 26.4 Å². The van der Waals surface area contributed by atoms with Crippen LogP contribution >= 0.6 is 0 Å². The molecule has 2 fully saturated rings. The summed E-state index contributed by atoms with van der Waals surface area (Å²) in [4.78, 5) is 15.2. The number of hydrogen-bond donors (Lipinski definition) is 0. The third kappa shape index (κ3) is 3.72. The molecule has 128 valence electrons. The van der Waals surface area contributed by atoms with Crippen LogP contribution in [0.15, 0.2) is 0 Å². The first-order valence-electron chi connectivity index (χ1n) is 6.99. The van der Waals surface area contributed by atoms with Gasteiger partial charge in [-0.1, -0.05) is 0 Å².